The van der Waals surface area contributed by atoms with E-state index < -0.39 is 11.9 Å². The molecule has 1 heterocycles. The van der Waals surface area contributed by atoms with Gasteiger partial charge in [0.2, 0.25) is 5.91 Å². The van der Waals surface area contributed by atoms with E-state index in [1.807, 2.05) is 30.3 Å². The van der Waals surface area contributed by atoms with Crippen molar-refractivity contribution in [3.8, 4) is 0 Å². The lowest BCUT2D eigenvalue weighted by Crippen LogP contribution is -2.54. The van der Waals surface area contributed by atoms with Crippen LogP contribution in [0.4, 0.5) is 0 Å². The van der Waals surface area contributed by atoms with Crippen LogP contribution in [-0.2, 0) is 11.2 Å². The van der Waals surface area contributed by atoms with Crippen molar-refractivity contribution >= 4 is 11.8 Å². The van der Waals surface area contributed by atoms with Crippen LogP contribution in [0.25, 0.3) is 0 Å². The van der Waals surface area contributed by atoms with Crippen molar-refractivity contribution in [1.29, 1.82) is 0 Å². The molecule has 2 unspecified atom stereocenters. The Kier molecular flexibility index (Phi) is 7.25. The predicted octanol–water partition coefficient (Wildman–Crippen LogP) is 2.64. The van der Waals surface area contributed by atoms with Gasteiger partial charge in [0, 0.05) is 19.0 Å². The second-order valence-electron chi connectivity index (χ2n) is 7.44. The average Bonchev–Trinajstić information content (AvgIpc) is 3.28. The number of amides is 2. The number of carbonyl (C=O) groups is 2. The largest absolute Gasteiger partial charge is 0.459 e. The fraction of sp³-hybridized carbons (Fsp3) is 0.455. The summed E-state index contributed by atoms with van der Waals surface area (Å²) in [5.74, 6) is -0.0119. The Balaban J connectivity index is 1.70. The molecule has 2 atom stereocenters. The molecule has 1 saturated carbocycles. The van der Waals surface area contributed by atoms with Gasteiger partial charge in [0.25, 0.3) is 5.91 Å². The van der Waals surface area contributed by atoms with Gasteiger partial charge in [-0.1, -0.05) is 49.6 Å². The van der Waals surface area contributed by atoms with E-state index in [0.29, 0.717) is 18.9 Å². The van der Waals surface area contributed by atoms with Crippen molar-refractivity contribution in [3.05, 3.63) is 60.1 Å². The van der Waals surface area contributed by atoms with E-state index >= 15 is 0 Å². The molecule has 1 aromatic carbocycles. The van der Waals surface area contributed by atoms with Crippen LogP contribution >= 0.6 is 0 Å². The zero-order chi connectivity index (χ0) is 19.8. The third-order valence-electron chi connectivity index (χ3n) is 5.45. The van der Waals surface area contributed by atoms with E-state index in [0.717, 1.165) is 18.4 Å². The summed E-state index contributed by atoms with van der Waals surface area (Å²) in [6.07, 6.45) is 7.63. The molecule has 4 N–H and O–H groups in total. The summed E-state index contributed by atoms with van der Waals surface area (Å²) in [6, 6.07) is 12.1. The second-order valence-corrected chi connectivity index (χ2v) is 7.44. The lowest BCUT2D eigenvalue weighted by molar-refractivity contribution is -0.124. The van der Waals surface area contributed by atoms with Gasteiger partial charge in [-0.2, -0.15) is 0 Å². The van der Waals surface area contributed by atoms with Crippen molar-refractivity contribution in [2.75, 3.05) is 6.54 Å². The lowest BCUT2D eigenvalue weighted by Gasteiger charge is -2.31. The molecular weight excluding hydrogens is 354 g/mol. The summed E-state index contributed by atoms with van der Waals surface area (Å²) in [6.45, 7) is 0.403. The number of benzene rings is 1. The number of carbonyl (C=O) groups excluding carboxylic acids is 2. The lowest BCUT2D eigenvalue weighted by atomic mass is 9.83. The first-order chi connectivity index (χ1) is 13.7. The number of hydrogen-bond donors (Lipinski definition) is 3. The zero-order valence-corrected chi connectivity index (χ0v) is 16.1. The first-order valence-electron chi connectivity index (χ1n) is 10.1. The van der Waals surface area contributed by atoms with E-state index in [4.69, 9.17) is 10.2 Å². The maximum absolute atomic E-state index is 13.1. The van der Waals surface area contributed by atoms with Crippen molar-refractivity contribution in [3.63, 3.8) is 0 Å². The number of nitrogens with two attached hydrogens (primary N) is 1. The molecule has 0 spiro atoms. The Morgan fingerprint density at radius 1 is 1.04 bits per heavy atom. The summed E-state index contributed by atoms with van der Waals surface area (Å²) in [5, 5.41) is 5.91. The number of hydrogen-bond acceptors (Lipinski definition) is 4. The highest BCUT2D eigenvalue weighted by atomic mass is 16.3. The second kappa shape index (κ2) is 10.1. The van der Waals surface area contributed by atoms with E-state index in [2.05, 4.69) is 10.6 Å². The van der Waals surface area contributed by atoms with Crippen molar-refractivity contribution < 1.29 is 14.0 Å². The molecule has 3 rings (SSSR count). The highest BCUT2D eigenvalue weighted by molar-refractivity contribution is 5.95. The van der Waals surface area contributed by atoms with Gasteiger partial charge in [0.1, 0.15) is 6.04 Å². The van der Waals surface area contributed by atoms with Crippen LogP contribution in [-0.4, -0.2) is 30.4 Å². The molecule has 0 saturated heterocycles. The van der Waals surface area contributed by atoms with Crippen LogP contribution in [0.2, 0.25) is 0 Å². The highest BCUT2D eigenvalue weighted by Crippen LogP contribution is 2.26. The first kappa shape index (κ1) is 20.1. The fourth-order valence-electron chi connectivity index (χ4n) is 3.89. The van der Waals surface area contributed by atoms with E-state index in [1.165, 1.54) is 25.5 Å². The third-order valence-corrected chi connectivity index (χ3v) is 5.45. The van der Waals surface area contributed by atoms with Gasteiger partial charge in [0.15, 0.2) is 5.76 Å². The molecule has 150 valence electrons. The van der Waals surface area contributed by atoms with Crippen molar-refractivity contribution in [1.82, 2.24) is 10.6 Å². The van der Waals surface area contributed by atoms with Gasteiger partial charge in [-0.3, -0.25) is 9.59 Å². The average molecular weight is 383 g/mol. The van der Waals surface area contributed by atoms with Gasteiger partial charge >= 0.3 is 0 Å². The first-order valence-corrected chi connectivity index (χ1v) is 10.1. The highest BCUT2D eigenvalue weighted by Gasteiger charge is 2.28. The Morgan fingerprint density at radius 3 is 2.43 bits per heavy atom. The Hall–Kier alpha value is -2.60. The van der Waals surface area contributed by atoms with Crippen LogP contribution in [0, 0.1) is 5.92 Å². The Morgan fingerprint density at radius 2 is 1.79 bits per heavy atom. The third kappa shape index (κ3) is 5.45. The number of nitrogens with one attached hydrogen (secondary N) is 2. The Bertz CT molecular complexity index is 740. The topological polar surface area (TPSA) is 97.4 Å². The summed E-state index contributed by atoms with van der Waals surface area (Å²) < 4.78 is 5.16. The van der Waals surface area contributed by atoms with Gasteiger partial charge in [0.05, 0.1) is 6.26 Å². The van der Waals surface area contributed by atoms with Gasteiger partial charge < -0.3 is 20.8 Å². The molecule has 28 heavy (non-hydrogen) atoms. The van der Waals surface area contributed by atoms with Crippen LogP contribution in [0.15, 0.2) is 53.1 Å². The summed E-state index contributed by atoms with van der Waals surface area (Å²) >= 11 is 0. The van der Waals surface area contributed by atoms with Crippen molar-refractivity contribution in [2.45, 2.75) is 50.6 Å². The minimum atomic E-state index is -0.697. The molecule has 2 amide bonds. The van der Waals surface area contributed by atoms with Gasteiger partial charge in [-0.15, -0.1) is 0 Å². The Labute approximate surface area is 165 Å². The number of furan rings is 1. The molecule has 6 heteroatoms. The SMILES string of the molecule is NCC(NC(=O)C(Cc1ccccc1)NC(=O)c1ccco1)C1CCCCC1. The molecule has 2 aromatic rings. The maximum Gasteiger partial charge on any atom is 0.287 e. The quantitative estimate of drug-likeness (QED) is 0.653. The fourth-order valence-corrected chi connectivity index (χ4v) is 3.89. The van der Waals surface area contributed by atoms with Gasteiger partial charge in [-0.25, -0.2) is 0 Å². The van der Waals surface area contributed by atoms with Crippen LogP contribution in [0.5, 0.6) is 0 Å². The molecule has 1 aliphatic rings. The maximum atomic E-state index is 13.1. The molecule has 1 aromatic heterocycles. The predicted molar refractivity (Wildman–Crippen MR) is 108 cm³/mol. The molecular formula is C22H29N3O3. The zero-order valence-electron chi connectivity index (χ0n) is 16.1. The van der Waals surface area contributed by atoms with E-state index in [1.54, 1.807) is 12.1 Å². The standard InChI is InChI=1S/C22H29N3O3/c23-15-19(17-10-5-2-6-11-17)25-21(26)18(14-16-8-3-1-4-9-16)24-22(27)20-12-7-13-28-20/h1,3-4,7-9,12-13,17-19H,2,5-6,10-11,14-15,23H2,(H,24,27)(H,25,26). The smallest absolute Gasteiger partial charge is 0.287 e. The molecule has 0 radical (unpaired) electrons. The van der Waals surface area contributed by atoms with E-state index in [-0.39, 0.29) is 17.7 Å². The van der Waals surface area contributed by atoms with E-state index in [9.17, 15) is 9.59 Å². The van der Waals surface area contributed by atoms with Crippen LogP contribution in [0.1, 0.15) is 48.2 Å². The monoisotopic (exact) mass is 383 g/mol. The summed E-state index contributed by atoms with van der Waals surface area (Å²) in [5.41, 5.74) is 6.94. The minimum absolute atomic E-state index is 0.0633. The summed E-state index contributed by atoms with van der Waals surface area (Å²) in [4.78, 5) is 25.5. The van der Waals surface area contributed by atoms with Gasteiger partial charge in [-0.05, 0) is 36.5 Å². The number of rotatable bonds is 8. The normalized spacial score (nSPS) is 16.9. The molecule has 6 nitrogen and oxygen atoms in total. The molecule has 1 fully saturated rings. The van der Waals surface area contributed by atoms with Crippen molar-refractivity contribution in [2.24, 2.45) is 11.7 Å². The van der Waals surface area contributed by atoms with Crippen LogP contribution < -0.4 is 16.4 Å². The molecule has 1 aliphatic carbocycles. The molecule has 0 aliphatic heterocycles. The molecule has 0 bridgehead atoms. The minimum Gasteiger partial charge on any atom is -0.459 e. The van der Waals surface area contributed by atoms with Crippen LogP contribution in [0.3, 0.4) is 0 Å². The summed E-state index contributed by atoms with van der Waals surface area (Å²) in [7, 11) is 0.